The molecular formula is C21H24N6O3. The number of aryl methyl sites for hydroxylation is 1. The zero-order valence-corrected chi connectivity index (χ0v) is 16.8. The molecule has 2 aliphatic carbocycles. The van der Waals surface area contributed by atoms with Crippen LogP contribution in [0.1, 0.15) is 23.6 Å². The fourth-order valence-electron chi connectivity index (χ4n) is 4.99. The van der Waals surface area contributed by atoms with Crippen molar-refractivity contribution >= 4 is 22.9 Å². The normalized spacial score (nSPS) is 29.6. The van der Waals surface area contributed by atoms with Gasteiger partial charge in [-0.25, -0.2) is 15.0 Å². The number of hydrogen-bond donors (Lipinski definition) is 4. The molecule has 156 valence electrons. The summed E-state index contributed by atoms with van der Waals surface area (Å²) in [6.45, 7) is 2.64. The average molecular weight is 408 g/mol. The minimum Gasteiger partial charge on any atom is -0.389 e. The predicted octanol–water partition coefficient (Wildman–Crippen LogP) is 0.776. The Balaban J connectivity index is 1.45. The summed E-state index contributed by atoms with van der Waals surface area (Å²) in [5, 5.41) is 27.2. The molecule has 2 aliphatic rings. The number of aliphatic hydroxyl groups is 2. The highest BCUT2D eigenvalue weighted by Gasteiger charge is 2.75. The Labute approximate surface area is 173 Å². The van der Waals surface area contributed by atoms with Gasteiger partial charge in [0.2, 0.25) is 5.91 Å². The molecule has 0 radical (unpaired) electrons. The van der Waals surface area contributed by atoms with Crippen molar-refractivity contribution in [1.29, 1.82) is 0 Å². The molecule has 1 aromatic carbocycles. The van der Waals surface area contributed by atoms with Crippen LogP contribution in [0.15, 0.2) is 36.9 Å². The lowest BCUT2D eigenvalue weighted by molar-refractivity contribution is -0.132. The van der Waals surface area contributed by atoms with E-state index in [-0.39, 0.29) is 11.8 Å². The molecule has 2 fully saturated rings. The van der Waals surface area contributed by atoms with Crippen molar-refractivity contribution in [1.82, 2.24) is 24.8 Å². The van der Waals surface area contributed by atoms with Crippen LogP contribution < -0.4 is 10.6 Å². The van der Waals surface area contributed by atoms with Gasteiger partial charge in [0.25, 0.3) is 0 Å². The van der Waals surface area contributed by atoms with E-state index in [1.807, 2.05) is 25.1 Å². The van der Waals surface area contributed by atoms with Crippen LogP contribution in [0.5, 0.6) is 0 Å². The van der Waals surface area contributed by atoms with Crippen LogP contribution >= 0.6 is 0 Å². The molecule has 4 N–H and O–H groups in total. The molecule has 0 saturated heterocycles. The van der Waals surface area contributed by atoms with Crippen molar-refractivity contribution in [2.45, 2.75) is 38.1 Å². The number of imidazole rings is 1. The number of benzene rings is 1. The van der Waals surface area contributed by atoms with Crippen LogP contribution in [0.25, 0.3) is 11.2 Å². The zero-order valence-electron chi connectivity index (χ0n) is 16.8. The summed E-state index contributed by atoms with van der Waals surface area (Å²) in [5.74, 6) is 0.196. The smallest absolute Gasteiger partial charge is 0.229 e. The van der Waals surface area contributed by atoms with E-state index in [4.69, 9.17) is 0 Å². The fraction of sp³-hybridized carbons (Fsp3) is 0.429. The summed E-state index contributed by atoms with van der Waals surface area (Å²) in [7, 11) is 1.55. The number of aromatic nitrogens is 4. The average Bonchev–Trinajstić information content (AvgIpc) is 3.28. The van der Waals surface area contributed by atoms with Crippen LogP contribution in [0.3, 0.4) is 0 Å². The van der Waals surface area contributed by atoms with Gasteiger partial charge in [-0.1, -0.05) is 29.8 Å². The second kappa shape index (κ2) is 6.75. The molecular weight excluding hydrogens is 384 g/mol. The summed E-state index contributed by atoms with van der Waals surface area (Å²) in [6.07, 6.45) is 1.40. The Morgan fingerprint density at radius 3 is 2.90 bits per heavy atom. The van der Waals surface area contributed by atoms with Gasteiger partial charge in [0.05, 0.1) is 23.9 Å². The lowest BCUT2D eigenvalue weighted by atomic mass is 9.98. The van der Waals surface area contributed by atoms with Crippen molar-refractivity contribution in [3.05, 3.63) is 48.0 Å². The number of carbonyl (C=O) groups excluding carboxylic acids is 1. The molecule has 0 aliphatic heterocycles. The lowest BCUT2D eigenvalue weighted by Gasteiger charge is -2.23. The SMILES string of the molecule is CNC(=O)[C@@]12C[C@@H]1[C@@H](n1cnc3c(NCc4cccc(C)c4)ncnc31)[C@H](O)[C@@H]2O. The molecule has 5 rings (SSSR count). The first-order valence-electron chi connectivity index (χ1n) is 10.0. The van der Waals surface area contributed by atoms with Crippen molar-refractivity contribution in [2.75, 3.05) is 12.4 Å². The highest BCUT2D eigenvalue weighted by Crippen LogP contribution is 2.67. The third-order valence-electron chi connectivity index (χ3n) is 6.54. The van der Waals surface area contributed by atoms with E-state index < -0.39 is 23.7 Å². The van der Waals surface area contributed by atoms with Crippen molar-refractivity contribution < 1.29 is 15.0 Å². The molecule has 0 unspecified atom stereocenters. The van der Waals surface area contributed by atoms with E-state index in [1.165, 1.54) is 11.9 Å². The topological polar surface area (TPSA) is 125 Å². The first kappa shape index (κ1) is 19.0. The fourth-order valence-corrected chi connectivity index (χ4v) is 4.99. The van der Waals surface area contributed by atoms with E-state index in [1.54, 1.807) is 17.9 Å². The van der Waals surface area contributed by atoms with Crippen molar-refractivity contribution in [2.24, 2.45) is 11.3 Å². The largest absolute Gasteiger partial charge is 0.389 e. The number of nitrogens with zero attached hydrogens (tertiary/aromatic N) is 4. The predicted molar refractivity (Wildman–Crippen MR) is 109 cm³/mol. The van der Waals surface area contributed by atoms with E-state index in [9.17, 15) is 15.0 Å². The molecule has 3 aromatic rings. The third kappa shape index (κ3) is 2.62. The summed E-state index contributed by atoms with van der Waals surface area (Å²) in [5.41, 5.74) is 2.53. The standard InChI is InChI=1S/C21H24N6O3/c1-11-4-3-5-12(6-11)8-23-18-14-19(25-9-24-18)27(10-26-14)15-13-7-21(13,20(30)22-2)17(29)16(15)28/h3-6,9-10,13,15-17,28-29H,7-8H2,1-2H3,(H,22,30)(H,23,24,25)/t13-,15-,16+,17+,21+/m1/s1. The molecule has 1 amide bonds. The summed E-state index contributed by atoms with van der Waals surface area (Å²) in [4.78, 5) is 25.5. The Bertz CT molecular complexity index is 1130. The second-order valence-corrected chi connectivity index (χ2v) is 8.25. The molecule has 30 heavy (non-hydrogen) atoms. The maximum absolute atomic E-state index is 12.4. The third-order valence-corrected chi connectivity index (χ3v) is 6.54. The van der Waals surface area contributed by atoms with Crippen LogP contribution in [0.2, 0.25) is 0 Å². The highest BCUT2D eigenvalue weighted by molar-refractivity contribution is 5.88. The Hall–Kier alpha value is -3.04. The number of rotatable bonds is 5. The van der Waals surface area contributed by atoms with Crippen LogP contribution in [0, 0.1) is 18.3 Å². The van der Waals surface area contributed by atoms with Crippen molar-refractivity contribution in [3.63, 3.8) is 0 Å². The molecule has 9 nitrogen and oxygen atoms in total. The zero-order chi connectivity index (χ0) is 21.0. The van der Waals surface area contributed by atoms with Crippen LogP contribution in [-0.4, -0.2) is 54.9 Å². The number of fused-ring (bicyclic) bond motifs is 2. The van der Waals surface area contributed by atoms with Gasteiger partial charge in [-0.2, -0.15) is 0 Å². The number of anilines is 1. The minimum atomic E-state index is -1.12. The van der Waals surface area contributed by atoms with Gasteiger partial charge in [0.15, 0.2) is 11.5 Å². The molecule has 0 bridgehead atoms. The Kier molecular flexibility index (Phi) is 4.26. The number of hydrogen-bond acceptors (Lipinski definition) is 7. The van der Waals surface area contributed by atoms with Crippen LogP contribution in [0.4, 0.5) is 5.82 Å². The van der Waals surface area contributed by atoms with E-state index in [0.717, 1.165) is 5.56 Å². The minimum absolute atomic E-state index is 0.168. The molecule has 2 heterocycles. The van der Waals surface area contributed by atoms with Gasteiger partial charge in [0.1, 0.15) is 17.9 Å². The van der Waals surface area contributed by atoms with E-state index in [2.05, 4.69) is 31.7 Å². The Morgan fingerprint density at radius 1 is 1.30 bits per heavy atom. The summed E-state index contributed by atoms with van der Waals surface area (Å²) < 4.78 is 1.77. The summed E-state index contributed by atoms with van der Waals surface area (Å²) >= 11 is 0. The van der Waals surface area contributed by atoms with Gasteiger partial charge in [-0.3, -0.25) is 4.79 Å². The molecule has 2 aromatic heterocycles. The number of carbonyl (C=O) groups is 1. The molecule has 0 spiro atoms. The van der Waals surface area contributed by atoms with Crippen molar-refractivity contribution in [3.8, 4) is 0 Å². The number of nitrogens with one attached hydrogen (secondary N) is 2. The Morgan fingerprint density at radius 2 is 2.13 bits per heavy atom. The van der Waals surface area contributed by atoms with Gasteiger partial charge in [0, 0.05) is 19.5 Å². The van der Waals surface area contributed by atoms with E-state index >= 15 is 0 Å². The van der Waals surface area contributed by atoms with Crippen LogP contribution in [-0.2, 0) is 11.3 Å². The molecule has 9 heteroatoms. The second-order valence-electron chi connectivity index (χ2n) is 8.25. The van der Waals surface area contributed by atoms with Gasteiger partial charge < -0.3 is 25.4 Å². The van der Waals surface area contributed by atoms with Gasteiger partial charge in [-0.15, -0.1) is 0 Å². The first-order valence-corrected chi connectivity index (χ1v) is 10.0. The maximum Gasteiger partial charge on any atom is 0.229 e. The number of amides is 1. The van der Waals surface area contributed by atoms with E-state index in [0.29, 0.717) is 29.9 Å². The first-order chi connectivity index (χ1) is 14.5. The number of aliphatic hydroxyl groups excluding tert-OH is 2. The quantitative estimate of drug-likeness (QED) is 0.491. The highest BCUT2D eigenvalue weighted by atomic mass is 16.3. The summed E-state index contributed by atoms with van der Waals surface area (Å²) in [6, 6.07) is 7.73. The lowest BCUT2D eigenvalue weighted by Crippen LogP contribution is -2.41. The maximum atomic E-state index is 12.4. The molecule has 5 atom stereocenters. The van der Waals surface area contributed by atoms with Gasteiger partial charge in [-0.05, 0) is 18.9 Å². The van der Waals surface area contributed by atoms with Gasteiger partial charge >= 0.3 is 0 Å². The molecule has 2 saturated carbocycles. The monoisotopic (exact) mass is 408 g/mol.